The van der Waals surface area contributed by atoms with Gasteiger partial charge in [0.15, 0.2) is 0 Å². The van der Waals surface area contributed by atoms with E-state index in [0.29, 0.717) is 11.6 Å². The average molecular weight is 426 g/mol. The molecule has 6 nitrogen and oxygen atoms in total. The van der Waals surface area contributed by atoms with Crippen LogP contribution in [0.15, 0.2) is 29.2 Å². The highest BCUT2D eigenvalue weighted by Gasteiger charge is 2.33. The maximum atomic E-state index is 14.0. The summed E-state index contributed by atoms with van der Waals surface area (Å²) in [6.45, 7) is 8.45. The van der Waals surface area contributed by atoms with Gasteiger partial charge in [-0.1, -0.05) is 0 Å². The minimum absolute atomic E-state index is 0.0494. The molecule has 2 heterocycles. The van der Waals surface area contributed by atoms with Gasteiger partial charge in [-0.2, -0.15) is 4.31 Å². The highest BCUT2D eigenvalue weighted by molar-refractivity contribution is 7.89. The molecular formula is C20H25F2N3O3S. The molecule has 29 heavy (non-hydrogen) atoms. The van der Waals surface area contributed by atoms with Crippen LogP contribution in [0.4, 0.5) is 8.78 Å². The number of carbonyl (C=O) groups excluding carboxylic acids is 1. The standard InChI is InChI=1S/C20H25F2N3O3S/c1-13(2)25-14(3)11-17(15(25)4)20(26)23-7-9-24(10-8-23)29(27,28)19-6-5-16(21)12-18(19)22/h5-6,11-13H,7-10H2,1-4H3. The van der Waals surface area contributed by atoms with Gasteiger partial charge in [-0.05, 0) is 45.9 Å². The molecule has 0 spiro atoms. The molecule has 0 radical (unpaired) electrons. The summed E-state index contributed by atoms with van der Waals surface area (Å²) >= 11 is 0. The zero-order valence-corrected chi connectivity index (χ0v) is 17.8. The van der Waals surface area contributed by atoms with E-state index in [1.807, 2.05) is 33.8 Å². The number of benzene rings is 1. The first-order valence-corrected chi connectivity index (χ1v) is 10.9. The van der Waals surface area contributed by atoms with Crippen molar-refractivity contribution in [3.05, 3.63) is 52.9 Å². The largest absolute Gasteiger partial charge is 0.346 e. The molecule has 0 unspecified atom stereocenters. The molecule has 1 aromatic carbocycles. The lowest BCUT2D eigenvalue weighted by Gasteiger charge is -2.34. The fraction of sp³-hybridized carbons (Fsp3) is 0.450. The fourth-order valence-electron chi connectivity index (χ4n) is 3.91. The zero-order chi connectivity index (χ0) is 21.5. The predicted molar refractivity (Wildman–Crippen MR) is 105 cm³/mol. The van der Waals surface area contributed by atoms with Gasteiger partial charge in [-0.3, -0.25) is 4.79 Å². The number of aryl methyl sites for hydroxylation is 1. The molecule has 1 aromatic heterocycles. The third kappa shape index (κ3) is 3.93. The van der Waals surface area contributed by atoms with Gasteiger partial charge in [-0.25, -0.2) is 17.2 Å². The zero-order valence-electron chi connectivity index (χ0n) is 16.9. The quantitative estimate of drug-likeness (QED) is 0.756. The van der Waals surface area contributed by atoms with Gasteiger partial charge in [0.05, 0.1) is 5.56 Å². The highest BCUT2D eigenvalue weighted by Crippen LogP contribution is 2.24. The second kappa shape index (κ2) is 7.87. The van der Waals surface area contributed by atoms with Crippen LogP contribution in [0.2, 0.25) is 0 Å². The third-order valence-electron chi connectivity index (χ3n) is 5.27. The SMILES string of the molecule is Cc1cc(C(=O)N2CCN(S(=O)(=O)c3ccc(F)cc3F)CC2)c(C)n1C(C)C. The van der Waals surface area contributed by atoms with E-state index in [4.69, 9.17) is 0 Å². The number of carbonyl (C=O) groups is 1. The van der Waals surface area contributed by atoms with E-state index >= 15 is 0 Å². The minimum Gasteiger partial charge on any atom is -0.346 e. The maximum absolute atomic E-state index is 14.0. The van der Waals surface area contributed by atoms with Crippen molar-refractivity contribution < 1.29 is 22.0 Å². The summed E-state index contributed by atoms with van der Waals surface area (Å²) in [6, 6.07) is 4.48. The van der Waals surface area contributed by atoms with Crippen molar-refractivity contribution in [2.45, 2.75) is 38.6 Å². The maximum Gasteiger partial charge on any atom is 0.255 e. The summed E-state index contributed by atoms with van der Waals surface area (Å²) in [5, 5.41) is 0. The number of hydrogen-bond acceptors (Lipinski definition) is 3. The predicted octanol–water partition coefficient (Wildman–Crippen LogP) is 3.11. The Morgan fingerprint density at radius 3 is 2.17 bits per heavy atom. The van der Waals surface area contributed by atoms with E-state index in [9.17, 15) is 22.0 Å². The van der Waals surface area contributed by atoms with Crippen LogP contribution in [0.3, 0.4) is 0 Å². The van der Waals surface area contributed by atoms with E-state index in [2.05, 4.69) is 4.57 Å². The van der Waals surface area contributed by atoms with Gasteiger partial charge in [-0.15, -0.1) is 0 Å². The van der Waals surface area contributed by atoms with E-state index in [1.54, 1.807) is 4.90 Å². The van der Waals surface area contributed by atoms with Gasteiger partial charge in [0.25, 0.3) is 5.91 Å². The highest BCUT2D eigenvalue weighted by atomic mass is 32.2. The van der Waals surface area contributed by atoms with Gasteiger partial charge in [0.1, 0.15) is 16.5 Å². The second-order valence-corrected chi connectivity index (χ2v) is 9.43. The van der Waals surface area contributed by atoms with Crippen LogP contribution in [-0.4, -0.2) is 54.3 Å². The molecule has 1 aliphatic rings. The molecule has 0 saturated carbocycles. The number of hydrogen-bond donors (Lipinski definition) is 0. The first-order valence-electron chi connectivity index (χ1n) is 9.47. The van der Waals surface area contributed by atoms with E-state index in [-0.39, 0.29) is 38.1 Å². The Morgan fingerprint density at radius 1 is 1.03 bits per heavy atom. The lowest BCUT2D eigenvalue weighted by molar-refractivity contribution is 0.0697. The Balaban J connectivity index is 1.75. The van der Waals surface area contributed by atoms with Crippen LogP contribution in [0.1, 0.15) is 41.6 Å². The van der Waals surface area contributed by atoms with Crippen molar-refractivity contribution in [1.29, 1.82) is 0 Å². The number of rotatable bonds is 4. The summed E-state index contributed by atoms with van der Waals surface area (Å²) in [6.07, 6.45) is 0. The number of amides is 1. The van der Waals surface area contributed by atoms with Crippen LogP contribution in [0, 0.1) is 25.5 Å². The van der Waals surface area contributed by atoms with Crippen molar-refractivity contribution in [3.8, 4) is 0 Å². The van der Waals surface area contributed by atoms with E-state index in [0.717, 1.165) is 27.8 Å². The number of halogens is 2. The summed E-state index contributed by atoms with van der Waals surface area (Å²) in [5.41, 5.74) is 2.48. The van der Waals surface area contributed by atoms with Crippen LogP contribution in [0.25, 0.3) is 0 Å². The van der Waals surface area contributed by atoms with Crippen molar-refractivity contribution in [2.24, 2.45) is 0 Å². The minimum atomic E-state index is -4.10. The number of sulfonamides is 1. The molecular weight excluding hydrogens is 400 g/mol. The van der Waals surface area contributed by atoms with Crippen molar-refractivity contribution in [2.75, 3.05) is 26.2 Å². The van der Waals surface area contributed by atoms with Crippen LogP contribution in [-0.2, 0) is 10.0 Å². The molecule has 1 saturated heterocycles. The third-order valence-corrected chi connectivity index (χ3v) is 7.20. The molecule has 1 aliphatic heterocycles. The molecule has 3 rings (SSSR count). The van der Waals surface area contributed by atoms with Crippen molar-refractivity contribution in [1.82, 2.24) is 13.8 Å². The number of aromatic nitrogens is 1. The van der Waals surface area contributed by atoms with Crippen LogP contribution < -0.4 is 0 Å². The van der Waals surface area contributed by atoms with Gasteiger partial charge in [0.2, 0.25) is 10.0 Å². The molecule has 0 N–H and O–H groups in total. The van der Waals surface area contributed by atoms with E-state index < -0.39 is 26.6 Å². The lowest BCUT2D eigenvalue weighted by Crippen LogP contribution is -2.50. The monoisotopic (exact) mass is 425 g/mol. The summed E-state index contributed by atoms with van der Waals surface area (Å²) in [7, 11) is -4.10. The first kappa shape index (κ1) is 21.4. The lowest BCUT2D eigenvalue weighted by atomic mass is 10.2. The topological polar surface area (TPSA) is 62.6 Å². The number of piperazine rings is 1. The smallest absolute Gasteiger partial charge is 0.255 e. The van der Waals surface area contributed by atoms with Crippen LogP contribution in [0.5, 0.6) is 0 Å². The molecule has 158 valence electrons. The number of nitrogens with zero attached hydrogens (tertiary/aromatic N) is 3. The Morgan fingerprint density at radius 2 is 1.66 bits per heavy atom. The van der Waals surface area contributed by atoms with Gasteiger partial charge < -0.3 is 9.47 Å². The molecule has 0 atom stereocenters. The molecule has 9 heteroatoms. The summed E-state index contributed by atoms with van der Waals surface area (Å²) in [4.78, 5) is 14.0. The normalized spacial score (nSPS) is 15.9. The van der Waals surface area contributed by atoms with Crippen molar-refractivity contribution in [3.63, 3.8) is 0 Å². The van der Waals surface area contributed by atoms with Gasteiger partial charge >= 0.3 is 0 Å². The Kier molecular flexibility index (Phi) is 5.82. The van der Waals surface area contributed by atoms with Crippen LogP contribution >= 0.6 is 0 Å². The molecule has 0 bridgehead atoms. The Bertz CT molecular complexity index is 1040. The second-order valence-electron chi connectivity index (χ2n) is 7.52. The van der Waals surface area contributed by atoms with E-state index in [1.165, 1.54) is 0 Å². The fourth-order valence-corrected chi connectivity index (χ4v) is 5.38. The molecule has 0 aliphatic carbocycles. The Labute approximate surface area is 169 Å². The molecule has 2 aromatic rings. The van der Waals surface area contributed by atoms with Gasteiger partial charge in [0, 0.05) is 49.7 Å². The Hall–Kier alpha value is -2.26. The summed E-state index contributed by atoms with van der Waals surface area (Å²) in [5.74, 6) is -2.10. The molecule has 1 fully saturated rings. The summed E-state index contributed by atoms with van der Waals surface area (Å²) < 4.78 is 55.7. The van der Waals surface area contributed by atoms with Crippen molar-refractivity contribution >= 4 is 15.9 Å². The average Bonchev–Trinajstić information content (AvgIpc) is 2.95. The molecule has 1 amide bonds. The first-order chi connectivity index (χ1) is 13.5.